The van der Waals surface area contributed by atoms with Crippen molar-refractivity contribution in [3.05, 3.63) is 15.8 Å². The van der Waals surface area contributed by atoms with E-state index in [0.29, 0.717) is 41.2 Å². The number of rotatable bonds is 5. The van der Waals surface area contributed by atoms with Crippen LogP contribution in [0.2, 0.25) is 0 Å². The van der Waals surface area contributed by atoms with Crippen molar-refractivity contribution in [2.45, 2.75) is 102 Å². The molecule has 32 heavy (non-hydrogen) atoms. The molecular formula is C26H37NO4S. The maximum Gasteiger partial charge on any atom is 0.348 e. The maximum atomic E-state index is 13.9. The highest BCUT2D eigenvalue weighted by molar-refractivity contribution is 7.14. The fraction of sp³-hybridized carbons (Fsp3) is 0.769. The fourth-order valence-corrected chi connectivity index (χ4v) is 8.22. The van der Waals surface area contributed by atoms with Gasteiger partial charge in [0.1, 0.15) is 4.88 Å². The average Bonchev–Trinajstić information content (AvgIpc) is 3.51. The minimum absolute atomic E-state index is 0.00849. The second kappa shape index (κ2) is 9.09. The summed E-state index contributed by atoms with van der Waals surface area (Å²) >= 11 is 1.42. The summed E-state index contributed by atoms with van der Waals surface area (Å²) in [6, 6.07) is 2.07. The van der Waals surface area contributed by atoms with Crippen molar-refractivity contribution < 1.29 is 19.8 Å². The molecule has 0 aliphatic heterocycles. The van der Waals surface area contributed by atoms with E-state index in [0.717, 1.165) is 44.4 Å². The molecule has 6 heteroatoms. The second-order valence-electron chi connectivity index (χ2n) is 11.1. The van der Waals surface area contributed by atoms with Gasteiger partial charge >= 0.3 is 5.97 Å². The van der Waals surface area contributed by atoms with Crippen LogP contribution in [0.15, 0.2) is 6.07 Å². The molecule has 3 atom stereocenters. The predicted octanol–water partition coefficient (Wildman–Crippen LogP) is 5.81. The Labute approximate surface area is 195 Å². The summed E-state index contributed by atoms with van der Waals surface area (Å²) in [5, 5.41) is 20.2. The fourth-order valence-electron chi connectivity index (χ4n) is 7.02. The number of thiophene rings is 1. The van der Waals surface area contributed by atoms with Crippen molar-refractivity contribution in [3.8, 4) is 0 Å². The van der Waals surface area contributed by atoms with Gasteiger partial charge in [0.05, 0.1) is 11.8 Å². The minimum Gasteiger partial charge on any atom is -0.477 e. The van der Waals surface area contributed by atoms with Gasteiger partial charge < -0.3 is 15.1 Å². The highest BCUT2D eigenvalue weighted by Crippen LogP contribution is 2.55. The topological polar surface area (TPSA) is 77.8 Å². The molecule has 4 aliphatic rings. The van der Waals surface area contributed by atoms with Crippen LogP contribution in [0.3, 0.4) is 0 Å². The monoisotopic (exact) mass is 459 g/mol. The number of anilines is 1. The molecule has 1 amide bonds. The maximum absolute atomic E-state index is 13.9. The largest absolute Gasteiger partial charge is 0.477 e. The van der Waals surface area contributed by atoms with Gasteiger partial charge in [0.15, 0.2) is 0 Å². The number of fused-ring (bicyclic) bond motifs is 2. The zero-order valence-corrected chi connectivity index (χ0v) is 20.0. The number of carbonyl (C=O) groups excluding carboxylic acids is 1. The Balaban J connectivity index is 1.48. The van der Waals surface area contributed by atoms with Gasteiger partial charge in [-0.2, -0.15) is 0 Å². The summed E-state index contributed by atoms with van der Waals surface area (Å²) in [7, 11) is 0. The molecule has 0 radical (unpaired) electrons. The Bertz CT molecular complexity index is 850. The van der Waals surface area contributed by atoms with E-state index in [1.807, 2.05) is 4.90 Å². The lowest BCUT2D eigenvalue weighted by atomic mass is 9.81. The third kappa shape index (κ3) is 4.25. The number of carboxylic acid groups (broad SMARTS) is 1. The van der Waals surface area contributed by atoms with Crippen LogP contribution in [0.25, 0.3) is 0 Å². The number of aromatic carboxylic acids is 1. The van der Waals surface area contributed by atoms with Gasteiger partial charge in [-0.05, 0) is 100 Å². The van der Waals surface area contributed by atoms with E-state index in [-0.39, 0.29) is 24.0 Å². The highest BCUT2D eigenvalue weighted by Gasteiger charge is 2.43. The van der Waals surface area contributed by atoms with Gasteiger partial charge in [-0.25, -0.2) is 4.79 Å². The molecule has 4 aliphatic carbocycles. The highest BCUT2D eigenvalue weighted by atomic mass is 32.1. The van der Waals surface area contributed by atoms with E-state index >= 15 is 0 Å². The van der Waals surface area contributed by atoms with Crippen LogP contribution in [0, 0.1) is 23.7 Å². The van der Waals surface area contributed by atoms with Crippen molar-refractivity contribution in [3.63, 3.8) is 0 Å². The first-order valence-electron chi connectivity index (χ1n) is 12.8. The zero-order valence-electron chi connectivity index (χ0n) is 19.2. The smallest absolute Gasteiger partial charge is 0.348 e. The van der Waals surface area contributed by atoms with Crippen LogP contribution >= 0.6 is 11.3 Å². The molecule has 0 saturated heterocycles. The first-order chi connectivity index (χ1) is 15.4. The molecule has 1 aromatic rings. The normalized spacial score (nSPS) is 36.9. The van der Waals surface area contributed by atoms with Crippen molar-refractivity contribution in [1.82, 2.24) is 0 Å². The van der Waals surface area contributed by atoms with Gasteiger partial charge in [-0.1, -0.05) is 13.3 Å². The van der Waals surface area contributed by atoms with Crippen molar-refractivity contribution in [2.75, 3.05) is 4.90 Å². The number of carboxylic acids is 1. The summed E-state index contributed by atoms with van der Waals surface area (Å²) in [5.41, 5.74) is 0.644. The quantitative estimate of drug-likeness (QED) is 0.582. The van der Waals surface area contributed by atoms with E-state index in [4.69, 9.17) is 0 Å². The molecule has 2 N–H and O–H groups in total. The minimum atomic E-state index is -0.912. The lowest BCUT2D eigenvalue weighted by molar-refractivity contribution is -0.124. The molecule has 2 bridgehead atoms. The number of nitrogens with zero attached hydrogens (tertiary/aromatic N) is 1. The van der Waals surface area contributed by atoms with Crippen LogP contribution in [-0.2, 0) is 4.79 Å². The summed E-state index contributed by atoms with van der Waals surface area (Å²) in [6.45, 7) is 2.25. The number of hydrogen-bond donors (Lipinski definition) is 2. The van der Waals surface area contributed by atoms with E-state index in [1.54, 1.807) is 0 Å². The molecule has 0 spiro atoms. The number of aliphatic hydroxyl groups is 1. The van der Waals surface area contributed by atoms with E-state index in [1.165, 1.54) is 41.9 Å². The van der Waals surface area contributed by atoms with Gasteiger partial charge in [0.2, 0.25) is 5.91 Å². The van der Waals surface area contributed by atoms with Crippen LogP contribution in [0.5, 0.6) is 0 Å². The van der Waals surface area contributed by atoms with Crippen LogP contribution in [-0.4, -0.2) is 34.2 Å². The van der Waals surface area contributed by atoms with E-state index in [9.17, 15) is 19.8 Å². The third-order valence-electron chi connectivity index (χ3n) is 8.92. The zero-order chi connectivity index (χ0) is 22.4. The van der Waals surface area contributed by atoms with Crippen molar-refractivity contribution in [1.29, 1.82) is 0 Å². The average molecular weight is 460 g/mol. The van der Waals surface area contributed by atoms with Gasteiger partial charge in [0, 0.05) is 16.8 Å². The Morgan fingerprint density at radius 1 is 0.969 bits per heavy atom. The van der Waals surface area contributed by atoms with Crippen molar-refractivity contribution in [2.24, 2.45) is 23.7 Å². The van der Waals surface area contributed by atoms with E-state index < -0.39 is 5.97 Å². The van der Waals surface area contributed by atoms with Crippen LogP contribution < -0.4 is 4.90 Å². The SMILES string of the molecule is C[C@H]1CC[C@H](C(=O)N(c2cc(C3CC4CCC3C4)sc2C(=O)O)[C@H]2CC[C@H](O)CC2)CC1. The standard InChI is InChI=1S/C26H37NO4S/c1-15-2-5-17(6-3-15)25(29)27(19-8-10-20(28)11-9-19)22-14-23(32-24(22)26(30)31)21-13-16-4-7-18(21)12-16/h14-21,28H,2-13H2,1H3,(H,30,31)/t15-,16?,17-,18?,19-,20-,21?. The number of amides is 1. The lowest BCUT2D eigenvalue weighted by Crippen LogP contribution is -2.47. The molecular weight excluding hydrogens is 422 g/mol. The summed E-state index contributed by atoms with van der Waals surface area (Å²) < 4.78 is 0. The third-order valence-corrected chi connectivity index (χ3v) is 10.2. The second-order valence-corrected chi connectivity index (χ2v) is 12.2. The van der Waals surface area contributed by atoms with Crippen LogP contribution in [0.4, 0.5) is 5.69 Å². The predicted molar refractivity (Wildman–Crippen MR) is 126 cm³/mol. The summed E-state index contributed by atoms with van der Waals surface area (Å²) in [6.07, 6.45) is 11.5. The summed E-state index contributed by atoms with van der Waals surface area (Å²) in [4.78, 5) is 29.6. The molecule has 4 fully saturated rings. The van der Waals surface area contributed by atoms with Gasteiger partial charge in [0.25, 0.3) is 0 Å². The number of aliphatic hydroxyl groups excluding tert-OH is 1. The Morgan fingerprint density at radius 3 is 2.28 bits per heavy atom. The Hall–Kier alpha value is -1.40. The molecule has 5 rings (SSSR count). The number of hydrogen-bond acceptors (Lipinski definition) is 4. The van der Waals surface area contributed by atoms with Crippen LogP contribution in [0.1, 0.15) is 104 Å². The molecule has 5 nitrogen and oxygen atoms in total. The van der Waals surface area contributed by atoms with Crippen molar-refractivity contribution >= 4 is 28.9 Å². The van der Waals surface area contributed by atoms with E-state index in [2.05, 4.69) is 13.0 Å². The molecule has 4 saturated carbocycles. The lowest BCUT2D eigenvalue weighted by Gasteiger charge is -2.38. The number of carbonyl (C=O) groups is 2. The molecule has 1 heterocycles. The van der Waals surface area contributed by atoms with Gasteiger partial charge in [-0.15, -0.1) is 11.3 Å². The molecule has 3 unspecified atom stereocenters. The Kier molecular flexibility index (Phi) is 6.36. The van der Waals surface area contributed by atoms with Gasteiger partial charge in [-0.3, -0.25) is 4.79 Å². The Morgan fingerprint density at radius 2 is 1.69 bits per heavy atom. The summed E-state index contributed by atoms with van der Waals surface area (Å²) in [5.74, 6) is 1.81. The first-order valence-corrected chi connectivity index (χ1v) is 13.6. The molecule has 176 valence electrons. The first kappa shape index (κ1) is 22.4. The molecule has 0 aromatic carbocycles. The molecule has 1 aromatic heterocycles.